The van der Waals surface area contributed by atoms with Crippen LogP contribution in [0.25, 0.3) is 0 Å². The number of hydrogen-bond acceptors (Lipinski definition) is 1. The summed E-state index contributed by atoms with van der Waals surface area (Å²) in [6, 6.07) is 6.40. The minimum Gasteiger partial charge on any atom is -0.493 e. The van der Waals surface area contributed by atoms with Crippen LogP contribution in [0.5, 0.6) is 5.75 Å². The van der Waals surface area contributed by atoms with Crippen LogP contribution in [-0.2, 0) is 0 Å². The van der Waals surface area contributed by atoms with E-state index in [0.29, 0.717) is 0 Å². The minimum atomic E-state index is 0.846. The predicted molar refractivity (Wildman–Crippen MR) is 81.8 cm³/mol. The van der Waals surface area contributed by atoms with E-state index >= 15 is 0 Å². The normalized spacial score (nSPS) is 10.7. The number of rotatable bonds is 10. The molecule has 1 rings (SSSR count). The van der Waals surface area contributed by atoms with Crippen LogP contribution in [0.1, 0.15) is 50.2 Å². The lowest BCUT2D eigenvalue weighted by molar-refractivity contribution is -0.655. The van der Waals surface area contributed by atoms with Crippen LogP contribution in [0.15, 0.2) is 18.2 Å². The molecule has 0 aliphatic carbocycles. The van der Waals surface area contributed by atoms with Crippen molar-refractivity contribution in [3.8, 4) is 5.75 Å². The van der Waals surface area contributed by atoms with Crippen LogP contribution < -0.4 is 10.1 Å². The summed E-state index contributed by atoms with van der Waals surface area (Å²) in [4.78, 5) is 0. The molecular weight excluding hydrogens is 234 g/mol. The predicted octanol–water partition coefficient (Wildman–Crippen LogP) is 3.22. The number of aryl methyl sites for hydroxylation is 2. The van der Waals surface area contributed by atoms with Gasteiger partial charge < -0.3 is 10.1 Å². The summed E-state index contributed by atoms with van der Waals surface area (Å²) in [5.74, 6) is 1.05. The summed E-state index contributed by atoms with van der Waals surface area (Å²) < 4.78 is 5.85. The average molecular weight is 264 g/mol. The van der Waals surface area contributed by atoms with Gasteiger partial charge >= 0.3 is 0 Å². The van der Waals surface area contributed by atoms with Gasteiger partial charge in [0.15, 0.2) is 0 Å². The topological polar surface area (TPSA) is 25.8 Å². The molecule has 0 heterocycles. The second kappa shape index (κ2) is 9.85. The van der Waals surface area contributed by atoms with Crippen LogP contribution >= 0.6 is 0 Å². The molecule has 0 aromatic heterocycles. The van der Waals surface area contributed by atoms with Crippen LogP contribution in [0, 0.1) is 13.8 Å². The highest BCUT2D eigenvalue weighted by Crippen LogP contribution is 2.19. The van der Waals surface area contributed by atoms with Gasteiger partial charge in [-0.25, -0.2) is 0 Å². The van der Waals surface area contributed by atoms with Crippen molar-refractivity contribution in [3.05, 3.63) is 29.3 Å². The molecular formula is C17H30NO+. The fourth-order valence-electron chi connectivity index (χ4n) is 2.11. The highest BCUT2D eigenvalue weighted by atomic mass is 16.5. The maximum atomic E-state index is 5.85. The molecule has 0 saturated heterocycles. The van der Waals surface area contributed by atoms with Crippen LogP contribution in [0.2, 0.25) is 0 Å². The third-order valence-electron chi connectivity index (χ3n) is 3.42. The summed E-state index contributed by atoms with van der Waals surface area (Å²) in [7, 11) is 0. The minimum absolute atomic E-state index is 0.846. The van der Waals surface area contributed by atoms with Gasteiger partial charge in [-0.3, -0.25) is 0 Å². The van der Waals surface area contributed by atoms with Gasteiger partial charge in [0.05, 0.1) is 19.7 Å². The molecule has 0 fully saturated rings. The van der Waals surface area contributed by atoms with Crippen molar-refractivity contribution in [1.29, 1.82) is 0 Å². The van der Waals surface area contributed by atoms with Crippen LogP contribution in [0.3, 0.4) is 0 Å². The molecule has 2 N–H and O–H groups in total. The maximum absolute atomic E-state index is 5.85. The van der Waals surface area contributed by atoms with E-state index in [4.69, 9.17) is 4.74 Å². The molecule has 1 aromatic rings. The Bertz CT molecular complexity index is 349. The van der Waals surface area contributed by atoms with Gasteiger partial charge in [0.2, 0.25) is 0 Å². The lowest BCUT2D eigenvalue weighted by Crippen LogP contribution is -2.84. The second-order valence-electron chi connectivity index (χ2n) is 5.40. The zero-order chi connectivity index (χ0) is 13.9. The summed E-state index contributed by atoms with van der Waals surface area (Å²) in [6.07, 6.45) is 6.39. The molecule has 0 aliphatic heterocycles. The van der Waals surface area contributed by atoms with Crippen molar-refractivity contribution in [2.45, 2.75) is 52.9 Å². The highest BCUT2D eigenvalue weighted by molar-refractivity contribution is 5.35. The Morgan fingerprint density at radius 2 is 1.79 bits per heavy atom. The number of unbranched alkanes of at least 4 members (excludes halogenated alkanes) is 3. The lowest BCUT2D eigenvalue weighted by atomic mass is 10.1. The smallest absolute Gasteiger partial charge is 0.122 e. The number of ether oxygens (including phenoxy) is 1. The van der Waals surface area contributed by atoms with E-state index in [1.807, 2.05) is 0 Å². The van der Waals surface area contributed by atoms with Gasteiger partial charge in [-0.05, 0) is 56.7 Å². The van der Waals surface area contributed by atoms with Gasteiger partial charge in [-0.15, -0.1) is 0 Å². The Balaban J connectivity index is 2.03. The molecule has 0 radical (unpaired) electrons. The molecule has 0 amide bonds. The first-order valence-corrected chi connectivity index (χ1v) is 7.75. The summed E-state index contributed by atoms with van der Waals surface area (Å²) in [6.45, 7) is 9.87. The highest BCUT2D eigenvalue weighted by Gasteiger charge is 1.99. The Morgan fingerprint density at radius 1 is 1.00 bits per heavy atom. The van der Waals surface area contributed by atoms with Crippen molar-refractivity contribution in [1.82, 2.24) is 0 Å². The zero-order valence-corrected chi connectivity index (χ0v) is 12.9. The SMILES string of the molecule is CCCC[NH2+]CCCCCOc1cc(C)ccc1C. The Kier molecular flexibility index (Phi) is 8.31. The molecule has 0 bridgehead atoms. The van der Waals surface area contributed by atoms with Gasteiger partial charge in [-0.1, -0.05) is 25.5 Å². The monoisotopic (exact) mass is 264 g/mol. The standard InChI is InChI=1S/C17H29NO/c1-4-5-11-18-12-7-6-8-13-19-17-14-15(2)9-10-16(17)3/h9-10,14,18H,4-8,11-13H2,1-3H3/p+1. The summed E-state index contributed by atoms with van der Waals surface area (Å²) >= 11 is 0. The first-order chi connectivity index (χ1) is 9.24. The molecule has 0 atom stereocenters. The third kappa shape index (κ3) is 7.22. The number of quaternary nitrogens is 1. The van der Waals surface area contributed by atoms with E-state index in [2.05, 4.69) is 44.3 Å². The largest absolute Gasteiger partial charge is 0.493 e. The van der Waals surface area contributed by atoms with Crippen molar-refractivity contribution in [2.24, 2.45) is 0 Å². The quantitative estimate of drug-likeness (QED) is 0.645. The number of nitrogens with two attached hydrogens (primary N) is 1. The maximum Gasteiger partial charge on any atom is 0.122 e. The van der Waals surface area contributed by atoms with Gasteiger partial charge in [0, 0.05) is 0 Å². The summed E-state index contributed by atoms with van der Waals surface area (Å²) in [5, 5.41) is 2.44. The number of benzene rings is 1. The molecule has 108 valence electrons. The van der Waals surface area contributed by atoms with Gasteiger partial charge in [0.25, 0.3) is 0 Å². The van der Waals surface area contributed by atoms with E-state index < -0.39 is 0 Å². The molecule has 0 saturated carbocycles. The fourth-order valence-corrected chi connectivity index (χ4v) is 2.11. The van der Waals surface area contributed by atoms with E-state index in [-0.39, 0.29) is 0 Å². The first kappa shape index (κ1) is 16.0. The molecule has 2 nitrogen and oxygen atoms in total. The van der Waals surface area contributed by atoms with E-state index in [0.717, 1.165) is 18.8 Å². The average Bonchev–Trinajstić information content (AvgIpc) is 2.40. The van der Waals surface area contributed by atoms with Gasteiger partial charge in [0.1, 0.15) is 5.75 Å². The Morgan fingerprint density at radius 3 is 2.58 bits per heavy atom. The van der Waals surface area contributed by atoms with Crippen molar-refractivity contribution in [3.63, 3.8) is 0 Å². The third-order valence-corrected chi connectivity index (χ3v) is 3.42. The van der Waals surface area contributed by atoms with Crippen LogP contribution in [-0.4, -0.2) is 19.7 Å². The molecule has 0 aliphatic rings. The second-order valence-corrected chi connectivity index (χ2v) is 5.40. The number of hydrogen-bond donors (Lipinski definition) is 1. The summed E-state index contributed by atoms with van der Waals surface area (Å²) in [5.41, 5.74) is 2.50. The molecule has 0 spiro atoms. The van der Waals surface area contributed by atoms with Crippen molar-refractivity contribution >= 4 is 0 Å². The lowest BCUT2D eigenvalue weighted by Gasteiger charge is -2.09. The molecule has 2 heteroatoms. The van der Waals surface area contributed by atoms with Crippen LogP contribution in [0.4, 0.5) is 0 Å². The van der Waals surface area contributed by atoms with Gasteiger partial charge in [-0.2, -0.15) is 0 Å². The van der Waals surface area contributed by atoms with Crippen molar-refractivity contribution < 1.29 is 10.1 Å². The van der Waals surface area contributed by atoms with E-state index in [1.54, 1.807) is 0 Å². The Labute approximate surface area is 118 Å². The zero-order valence-electron chi connectivity index (χ0n) is 12.9. The molecule has 1 aromatic carbocycles. The molecule has 19 heavy (non-hydrogen) atoms. The Hall–Kier alpha value is -1.02. The fraction of sp³-hybridized carbons (Fsp3) is 0.647. The first-order valence-electron chi connectivity index (χ1n) is 7.75. The molecule has 0 unspecified atom stereocenters. The van der Waals surface area contributed by atoms with E-state index in [9.17, 15) is 0 Å². The van der Waals surface area contributed by atoms with E-state index in [1.165, 1.54) is 49.9 Å². The van der Waals surface area contributed by atoms with Crippen molar-refractivity contribution in [2.75, 3.05) is 19.7 Å².